The molecule has 0 bridgehead atoms. The van der Waals surface area contributed by atoms with E-state index >= 15 is 0 Å². The molecule has 0 spiro atoms. The Kier molecular flexibility index (Phi) is 9.13. The number of carbonyl (C=O) groups is 1. The minimum Gasteiger partial charge on any atom is -0.497 e. The van der Waals surface area contributed by atoms with E-state index in [4.69, 9.17) is 23.9 Å². The van der Waals surface area contributed by atoms with Crippen LogP contribution < -0.4 is 19.1 Å². The largest absolute Gasteiger partial charge is 0.497 e. The molecule has 178 valence electrons. The van der Waals surface area contributed by atoms with Gasteiger partial charge in [0.15, 0.2) is 11.7 Å². The molecule has 2 heterocycles. The Morgan fingerprint density at radius 2 is 1.82 bits per heavy atom. The number of benzene rings is 2. The van der Waals surface area contributed by atoms with Gasteiger partial charge in [0, 0.05) is 38.3 Å². The highest BCUT2D eigenvalue weighted by Crippen LogP contribution is 2.31. The van der Waals surface area contributed by atoms with E-state index in [-0.39, 0.29) is 24.9 Å². The third-order valence-corrected chi connectivity index (χ3v) is 6.32. The molecule has 1 aromatic heterocycles. The van der Waals surface area contributed by atoms with Crippen molar-refractivity contribution in [2.24, 2.45) is 0 Å². The van der Waals surface area contributed by atoms with Crippen molar-refractivity contribution in [3.05, 3.63) is 42.5 Å². The van der Waals surface area contributed by atoms with Gasteiger partial charge >= 0.3 is 0 Å². The highest BCUT2D eigenvalue weighted by Gasteiger charge is 2.22. The Morgan fingerprint density at radius 3 is 2.58 bits per heavy atom. The average molecular weight is 494 g/mol. The Labute approximate surface area is 203 Å². The van der Waals surface area contributed by atoms with Crippen molar-refractivity contribution in [3.8, 4) is 17.2 Å². The molecule has 0 aliphatic carbocycles. The quantitative estimate of drug-likeness (QED) is 0.452. The number of amides is 1. The average Bonchev–Trinajstić information content (AvgIpc) is 3.26. The Morgan fingerprint density at radius 1 is 1.09 bits per heavy atom. The van der Waals surface area contributed by atoms with Crippen molar-refractivity contribution < 1.29 is 23.7 Å². The number of methoxy groups -OCH3 is 2. The summed E-state index contributed by atoms with van der Waals surface area (Å²) in [7, 11) is 3.22. The van der Waals surface area contributed by atoms with E-state index in [2.05, 4.69) is 4.90 Å². The molecule has 1 aliphatic heterocycles. The lowest BCUT2D eigenvalue weighted by molar-refractivity contribution is -0.120. The number of morpholine rings is 1. The van der Waals surface area contributed by atoms with Gasteiger partial charge in [-0.25, -0.2) is 4.98 Å². The van der Waals surface area contributed by atoms with Crippen molar-refractivity contribution in [3.63, 3.8) is 0 Å². The molecule has 0 radical (unpaired) electrons. The van der Waals surface area contributed by atoms with Crippen LogP contribution in [0.1, 0.15) is 0 Å². The molecule has 1 aliphatic rings. The number of anilines is 1. The Hall–Kier alpha value is -2.59. The van der Waals surface area contributed by atoms with E-state index < -0.39 is 0 Å². The zero-order valence-corrected chi connectivity index (χ0v) is 20.3. The van der Waals surface area contributed by atoms with Crippen LogP contribution in [0, 0.1) is 0 Å². The molecule has 1 saturated heterocycles. The van der Waals surface area contributed by atoms with Gasteiger partial charge in [0.25, 0.3) is 5.91 Å². The predicted molar refractivity (Wildman–Crippen MR) is 132 cm³/mol. The zero-order chi connectivity index (χ0) is 22.3. The summed E-state index contributed by atoms with van der Waals surface area (Å²) in [5.41, 5.74) is 0.808. The molecule has 8 nitrogen and oxygen atoms in total. The molecule has 0 atom stereocenters. The van der Waals surface area contributed by atoms with Crippen molar-refractivity contribution in [2.45, 2.75) is 0 Å². The number of thiazole rings is 1. The van der Waals surface area contributed by atoms with Gasteiger partial charge in [-0.3, -0.25) is 14.6 Å². The van der Waals surface area contributed by atoms with Crippen molar-refractivity contribution in [1.82, 2.24) is 9.88 Å². The van der Waals surface area contributed by atoms with Gasteiger partial charge < -0.3 is 18.9 Å². The molecule has 1 amide bonds. The predicted octanol–water partition coefficient (Wildman–Crippen LogP) is 3.48. The third kappa shape index (κ3) is 6.48. The maximum atomic E-state index is 13.2. The number of aromatic nitrogens is 1. The summed E-state index contributed by atoms with van der Waals surface area (Å²) < 4.78 is 22.7. The van der Waals surface area contributed by atoms with Crippen molar-refractivity contribution in [1.29, 1.82) is 0 Å². The topological polar surface area (TPSA) is 73.4 Å². The summed E-state index contributed by atoms with van der Waals surface area (Å²) in [5.74, 6) is 1.85. The standard InChI is InChI=1S/C23H27N3O5S.ClH/c1-28-17-4-3-5-19(14-17)31-16-22(27)26(9-8-25-10-12-30-13-11-25)23-24-20-15-18(29-2)6-7-21(20)32-23;/h3-7,14-15H,8-13,16H2,1-2H3;1H. The molecule has 0 N–H and O–H groups in total. The summed E-state index contributed by atoms with van der Waals surface area (Å²) in [5, 5.41) is 0.653. The first-order valence-electron chi connectivity index (χ1n) is 10.5. The van der Waals surface area contributed by atoms with Crippen LogP contribution in [0.2, 0.25) is 0 Å². The van der Waals surface area contributed by atoms with Gasteiger partial charge in [0.2, 0.25) is 0 Å². The fraction of sp³-hybridized carbons (Fsp3) is 0.391. The fourth-order valence-corrected chi connectivity index (χ4v) is 4.43. The summed E-state index contributed by atoms with van der Waals surface area (Å²) in [6.07, 6.45) is 0. The number of hydrogen-bond acceptors (Lipinski definition) is 8. The van der Waals surface area contributed by atoms with Crippen LogP contribution in [0.4, 0.5) is 5.13 Å². The van der Waals surface area contributed by atoms with Crippen LogP contribution in [0.15, 0.2) is 42.5 Å². The Bertz CT molecular complexity index is 1060. The SMILES string of the molecule is COc1cccc(OCC(=O)N(CCN2CCOCC2)c2nc3cc(OC)ccc3s2)c1.Cl. The summed E-state index contributed by atoms with van der Waals surface area (Å²) in [6, 6.07) is 13.0. The molecule has 3 aromatic rings. The summed E-state index contributed by atoms with van der Waals surface area (Å²) in [6.45, 7) is 4.33. The molecular weight excluding hydrogens is 466 g/mol. The number of nitrogens with zero attached hydrogens (tertiary/aromatic N) is 3. The lowest BCUT2D eigenvalue weighted by Crippen LogP contribution is -2.44. The number of rotatable bonds is 9. The number of halogens is 1. The van der Waals surface area contributed by atoms with Gasteiger partial charge in [0.1, 0.15) is 17.2 Å². The van der Waals surface area contributed by atoms with Crippen LogP contribution in [0.3, 0.4) is 0 Å². The zero-order valence-electron chi connectivity index (χ0n) is 18.7. The van der Waals surface area contributed by atoms with E-state index in [1.54, 1.807) is 31.3 Å². The van der Waals surface area contributed by atoms with Crippen LogP contribution in [0.5, 0.6) is 17.2 Å². The molecule has 4 rings (SSSR count). The second kappa shape index (κ2) is 12.0. The van der Waals surface area contributed by atoms with Crippen molar-refractivity contribution >= 4 is 45.0 Å². The lowest BCUT2D eigenvalue weighted by atomic mass is 10.3. The molecule has 10 heteroatoms. The number of hydrogen-bond donors (Lipinski definition) is 0. The minimum atomic E-state index is -0.146. The molecule has 2 aromatic carbocycles. The maximum absolute atomic E-state index is 13.2. The monoisotopic (exact) mass is 493 g/mol. The van der Waals surface area contributed by atoms with Gasteiger partial charge in [-0.1, -0.05) is 17.4 Å². The van der Waals surface area contributed by atoms with Crippen LogP contribution in [-0.4, -0.2) is 76.0 Å². The van der Waals surface area contributed by atoms with Crippen LogP contribution in [-0.2, 0) is 9.53 Å². The maximum Gasteiger partial charge on any atom is 0.266 e. The van der Waals surface area contributed by atoms with Gasteiger partial charge in [-0.05, 0) is 24.3 Å². The van der Waals surface area contributed by atoms with E-state index in [1.165, 1.54) is 11.3 Å². The molecular formula is C23H28ClN3O5S. The first kappa shape index (κ1) is 25.0. The minimum absolute atomic E-state index is 0. The Balaban J connectivity index is 0.00000306. The highest BCUT2D eigenvalue weighted by molar-refractivity contribution is 7.22. The number of carbonyl (C=O) groups excluding carboxylic acids is 1. The normalized spacial score (nSPS) is 13.9. The van der Waals surface area contributed by atoms with E-state index in [0.29, 0.717) is 36.4 Å². The van der Waals surface area contributed by atoms with Gasteiger partial charge in [-0.2, -0.15) is 0 Å². The number of fused-ring (bicyclic) bond motifs is 1. The van der Waals surface area contributed by atoms with Gasteiger partial charge in [0.05, 0.1) is 37.6 Å². The molecule has 33 heavy (non-hydrogen) atoms. The lowest BCUT2D eigenvalue weighted by Gasteiger charge is -2.29. The second-order valence-electron chi connectivity index (χ2n) is 7.30. The molecule has 1 fully saturated rings. The summed E-state index contributed by atoms with van der Waals surface area (Å²) in [4.78, 5) is 21.9. The smallest absolute Gasteiger partial charge is 0.266 e. The number of ether oxygens (including phenoxy) is 4. The first-order chi connectivity index (χ1) is 15.7. The first-order valence-corrected chi connectivity index (χ1v) is 11.3. The van der Waals surface area contributed by atoms with Crippen molar-refractivity contribution in [2.75, 3.05) is 65.1 Å². The molecule has 0 saturated carbocycles. The molecule has 0 unspecified atom stereocenters. The highest BCUT2D eigenvalue weighted by atomic mass is 35.5. The van der Waals surface area contributed by atoms with E-state index in [1.807, 2.05) is 30.3 Å². The van der Waals surface area contributed by atoms with Gasteiger partial charge in [-0.15, -0.1) is 12.4 Å². The van der Waals surface area contributed by atoms with Crippen LogP contribution in [0.25, 0.3) is 10.2 Å². The van der Waals surface area contributed by atoms with Crippen LogP contribution >= 0.6 is 23.7 Å². The summed E-state index contributed by atoms with van der Waals surface area (Å²) >= 11 is 1.49. The van der Waals surface area contributed by atoms with E-state index in [9.17, 15) is 4.79 Å². The third-order valence-electron chi connectivity index (χ3n) is 5.26. The fourth-order valence-electron chi connectivity index (χ4n) is 3.44. The van der Waals surface area contributed by atoms with E-state index in [0.717, 1.165) is 35.6 Å². The second-order valence-corrected chi connectivity index (χ2v) is 8.31.